The molecule has 5 nitrogen and oxygen atoms in total. The van der Waals surface area contributed by atoms with Crippen molar-refractivity contribution < 1.29 is 4.79 Å². The number of likely N-dealkylation sites (tertiary alicyclic amines) is 1. The first kappa shape index (κ1) is 28.1. The van der Waals surface area contributed by atoms with Crippen LogP contribution in [0.1, 0.15) is 83.1 Å². The van der Waals surface area contributed by atoms with Crippen molar-refractivity contribution in [1.82, 2.24) is 19.4 Å². The molecule has 3 aliphatic heterocycles. The van der Waals surface area contributed by atoms with Crippen molar-refractivity contribution in [2.45, 2.75) is 96.2 Å². The Balaban J connectivity index is 1.20. The molecule has 3 fully saturated rings. The summed E-state index contributed by atoms with van der Waals surface area (Å²) < 4.78 is 2.51. The molecule has 0 saturated carbocycles. The molecule has 3 saturated heterocycles. The molecule has 1 aromatic heterocycles. The highest BCUT2D eigenvalue weighted by atomic mass is 35.5. The number of hydrogen-bond donors (Lipinski definition) is 0. The third-order valence-electron chi connectivity index (χ3n) is 10.0. The van der Waals surface area contributed by atoms with E-state index in [9.17, 15) is 4.79 Å². The molecule has 2 bridgehead atoms. The predicted molar refractivity (Wildman–Crippen MR) is 164 cm³/mol. The van der Waals surface area contributed by atoms with E-state index < -0.39 is 0 Å². The number of amides is 1. The van der Waals surface area contributed by atoms with Gasteiger partial charge < -0.3 is 9.47 Å². The monoisotopic (exact) mass is 580 g/mol. The van der Waals surface area contributed by atoms with Gasteiger partial charge in [0, 0.05) is 36.6 Å². The molecule has 3 aliphatic rings. The molecule has 3 atom stereocenters. The molecule has 6 rings (SSSR count). The lowest BCUT2D eigenvalue weighted by molar-refractivity contribution is -0.141. The standard InChI is InChI=1S/C33H42Cl2N4O/c1-22-36-29-7-5-6-8-30(29)39(22)26-20-24-10-11-25(21-26)38(24)18-15-33(23-9-12-27(34)28(35)19-23)13-16-37(17-14-33)31(40)32(2,3)4/h5-9,12,19,24-26H,10-11,13-18,20-21H2,1-4H3/t24-,25+,26?. The average Bonchev–Trinajstić information content (AvgIpc) is 3.38. The second kappa shape index (κ2) is 10.6. The Kier molecular flexibility index (Phi) is 7.46. The third kappa shape index (κ3) is 5.07. The number of hydrogen-bond acceptors (Lipinski definition) is 3. The van der Waals surface area contributed by atoms with E-state index in [1.54, 1.807) is 0 Å². The molecule has 214 valence electrons. The molecule has 0 spiro atoms. The number of piperidine rings is 2. The maximum absolute atomic E-state index is 13.1. The number of rotatable bonds is 5. The second-order valence-corrected chi connectivity index (χ2v) is 14.3. The summed E-state index contributed by atoms with van der Waals surface area (Å²) in [6.07, 6.45) is 7.92. The Morgan fingerprint density at radius 1 is 0.975 bits per heavy atom. The first-order valence-corrected chi connectivity index (χ1v) is 15.8. The quantitative estimate of drug-likeness (QED) is 0.309. The van der Waals surface area contributed by atoms with Crippen LogP contribution in [0.4, 0.5) is 0 Å². The summed E-state index contributed by atoms with van der Waals surface area (Å²) in [6, 6.07) is 16.5. The lowest BCUT2D eigenvalue weighted by Gasteiger charge is -2.46. The molecule has 7 heteroatoms. The smallest absolute Gasteiger partial charge is 0.227 e. The van der Waals surface area contributed by atoms with Gasteiger partial charge in [-0.2, -0.15) is 0 Å². The van der Waals surface area contributed by atoms with E-state index in [1.807, 2.05) is 26.8 Å². The zero-order valence-electron chi connectivity index (χ0n) is 24.3. The minimum Gasteiger partial charge on any atom is -0.342 e. The number of aryl methyl sites for hydroxylation is 1. The predicted octanol–water partition coefficient (Wildman–Crippen LogP) is 7.82. The van der Waals surface area contributed by atoms with Crippen LogP contribution in [0, 0.1) is 12.3 Å². The Hall–Kier alpha value is -2.08. The van der Waals surface area contributed by atoms with Crippen molar-refractivity contribution >= 4 is 40.1 Å². The number of imidazole rings is 1. The third-order valence-corrected chi connectivity index (χ3v) is 10.8. The van der Waals surface area contributed by atoms with Gasteiger partial charge in [0.05, 0.1) is 21.1 Å². The van der Waals surface area contributed by atoms with Crippen LogP contribution in [0.5, 0.6) is 0 Å². The van der Waals surface area contributed by atoms with Gasteiger partial charge in [0.1, 0.15) is 5.82 Å². The van der Waals surface area contributed by atoms with Crippen LogP contribution in [-0.4, -0.2) is 57.0 Å². The topological polar surface area (TPSA) is 41.4 Å². The molecule has 0 aliphatic carbocycles. The summed E-state index contributed by atoms with van der Waals surface area (Å²) >= 11 is 12.9. The maximum atomic E-state index is 13.1. The van der Waals surface area contributed by atoms with Crippen LogP contribution < -0.4 is 0 Å². The summed E-state index contributed by atoms with van der Waals surface area (Å²) in [4.78, 5) is 22.8. The van der Waals surface area contributed by atoms with Crippen molar-refractivity contribution in [3.8, 4) is 0 Å². The van der Waals surface area contributed by atoms with Gasteiger partial charge in [-0.05, 0) is 93.7 Å². The van der Waals surface area contributed by atoms with Gasteiger partial charge in [-0.25, -0.2) is 4.98 Å². The number of para-hydroxylation sites is 2. The fourth-order valence-corrected chi connectivity index (χ4v) is 8.21. The number of carbonyl (C=O) groups is 1. The summed E-state index contributed by atoms with van der Waals surface area (Å²) in [5.41, 5.74) is 3.29. The number of benzene rings is 2. The van der Waals surface area contributed by atoms with Gasteiger partial charge in [-0.3, -0.25) is 9.69 Å². The molecule has 0 N–H and O–H groups in total. The average molecular weight is 582 g/mol. The van der Waals surface area contributed by atoms with E-state index >= 15 is 0 Å². The maximum Gasteiger partial charge on any atom is 0.227 e. The van der Waals surface area contributed by atoms with Crippen molar-refractivity contribution in [2.24, 2.45) is 5.41 Å². The summed E-state index contributed by atoms with van der Waals surface area (Å²) in [7, 11) is 0. The molecule has 1 unspecified atom stereocenters. The van der Waals surface area contributed by atoms with Gasteiger partial charge in [-0.15, -0.1) is 0 Å². The highest BCUT2D eigenvalue weighted by Crippen LogP contribution is 2.46. The van der Waals surface area contributed by atoms with Crippen LogP contribution in [0.3, 0.4) is 0 Å². The second-order valence-electron chi connectivity index (χ2n) is 13.5. The van der Waals surface area contributed by atoms with Crippen molar-refractivity contribution in [3.63, 3.8) is 0 Å². The molecular formula is C33H42Cl2N4O. The van der Waals surface area contributed by atoms with Gasteiger partial charge in [0.2, 0.25) is 5.91 Å². The Morgan fingerprint density at radius 3 is 2.30 bits per heavy atom. The normalized spacial score (nSPS) is 25.1. The van der Waals surface area contributed by atoms with E-state index in [1.165, 1.54) is 36.8 Å². The van der Waals surface area contributed by atoms with E-state index in [-0.39, 0.29) is 16.7 Å². The summed E-state index contributed by atoms with van der Waals surface area (Å²) in [5.74, 6) is 1.38. The van der Waals surface area contributed by atoms with Crippen LogP contribution in [-0.2, 0) is 10.2 Å². The Labute approximate surface area is 248 Å². The number of fused-ring (bicyclic) bond motifs is 3. The van der Waals surface area contributed by atoms with Crippen LogP contribution in [0.15, 0.2) is 42.5 Å². The zero-order valence-corrected chi connectivity index (χ0v) is 25.8. The first-order chi connectivity index (χ1) is 19.1. The lowest BCUT2D eigenvalue weighted by atomic mass is 9.70. The molecule has 4 heterocycles. The minimum atomic E-state index is -0.355. The van der Waals surface area contributed by atoms with Gasteiger partial charge >= 0.3 is 0 Å². The lowest BCUT2D eigenvalue weighted by Crippen LogP contribution is -2.50. The number of carbonyl (C=O) groups excluding carboxylic acids is 1. The molecular weight excluding hydrogens is 539 g/mol. The van der Waals surface area contributed by atoms with E-state index in [4.69, 9.17) is 28.2 Å². The molecule has 0 radical (unpaired) electrons. The fraction of sp³-hybridized carbons (Fsp3) is 0.576. The Bertz CT molecular complexity index is 1390. The van der Waals surface area contributed by atoms with Crippen molar-refractivity contribution in [2.75, 3.05) is 19.6 Å². The first-order valence-electron chi connectivity index (χ1n) is 15.0. The van der Waals surface area contributed by atoms with Crippen LogP contribution >= 0.6 is 23.2 Å². The molecule has 1 amide bonds. The molecule has 3 aromatic rings. The molecule has 2 aromatic carbocycles. The number of nitrogens with zero attached hydrogens (tertiary/aromatic N) is 4. The van der Waals surface area contributed by atoms with Crippen molar-refractivity contribution in [1.29, 1.82) is 0 Å². The van der Waals surface area contributed by atoms with Gasteiger partial charge in [-0.1, -0.05) is 62.2 Å². The summed E-state index contributed by atoms with van der Waals surface area (Å²) in [5, 5.41) is 1.22. The van der Waals surface area contributed by atoms with Gasteiger partial charge in [0.15, 0.2) is 0 Å². The fourth-order valence-electron chi connectivity index (χ4n) is 7.91. The highest BCUT2D eigenvalue weighted by Gasteiger charge is 2.44. The van der Waals surface area contributed by atoms with E-state index in [2.05, 4.69) is 57.7 Å². The van der Waals surface area contributed by atoms with Gasteiger partial charge in [0.25, 0.3) is 0 Å². The highest BCUT2D eigenvalue weighted by molar-refractivity contribution is 6.42. The number of halogens is 2. The van der Waals surface area contributed by atoms with E-state index in [0.29, 0.717) is 28.2 Å². The van der Waals surface area contributed by atoms with Crippen molar-refractivity contribution in [3.05, 3.63) is 63.9 Å². The minimum absolute atomic E-state index is 0.00365. The summed E-state index contributed by atoms with van der Waals surface area (Å²) in [6.45, 7) is 10.9. The Morgan fingerprint density at radius 2 is 1.65 bits per heavy atom. The SMILES string of the molecule is Cc1nc2ccccc2n1C1C[C@H]2CC[C@@H](C1)N2CCC1(c2ccc(Cl)c(Cl)c2)CCN(C(=O)C(C)(C)C)CC1. The molecule has 40 heavy (non-hydrogen) atoms. The largest absolute Gasteiger partial charge is 0.342 e. The zero-order chi connectivity index (χ0) is 28.2. The van der Waals surface area contributed by atoms with E-state index in [0.717, 1.165) is 50.2 Å². The van der Waals surface area contributed by atoms with Crippen LogP contribution in [0.2, 0.25) is 10.0 Å². The van der Waals surface area contributed by atoms with Crippen LogP contribution in [0.25, 0.3) is 11.0 Å². The number of aromatic nitrogens is 2.